The van der Waals surface area contributed by atoms with Crippen molar-refractivity contribution in [2.75, 3.05) is 12.3 Å². The van der Waals surface area contributed by atoms with E-state index in [0.717, 1.165) is 19.3 Å². The van der Waals surface area contributed by atoms with E-state index in [1.54, 1.807) is 0 Å². The summed E-state index contributed by atoms with van der Waals surface area (Å²) in [4.78, 5) is 23.6. The molecule has 1 rings (SSSR count). The van der Waals surface area contributed by atoms with Gasteiger partial charge in [-0.3, -0.25) is 4.79 Å². The zero-order valence-corrected chi connectivity index (χ0v) is 14.7. The van der Waals surface area contributed by atoms with E-state index in [-0.39, 0.29) is 24.1 Å². The topological polar surface area (TPSA) is 81.4 Å². The molecular formula is C17H25ClN2O3. The number of nitrogens with one attached hydrogen (secondary N) is 1. The molecule has 1 unspecified atom stereocenters. The fraction of sp³-hybridized carbons (Fsp3) is 0.529. The van der Waals surface area contributed by atoms with Crippen molar-refractivity contribution in [3.8, 4) is 0 Å². The first-order valence-electron chi connectivity index (χ1n) is 7.81. The zero-order valence-electron chi connectivity index (χ0n) is 13.9. The second kappa shape index (κ2) is 9.40. The van der Waals surface area contributed by atoms with Gasteiger partial charge < -0.3 is 15.8 Å². The molecule has 0 aromatic heterocycles. The smallest absolute Gasteiger partial charge is 0.338 e. The molecule has 0 aliphatic carbocycles. The molecule has 128 valence electrons. The van der Waals surface area contributed by atoms with Crippen LogP contribution in [0, 0.1) is 5.92 Å². The van der Waals surface area contributed by atoms with E-state index < -0.39 is 5.97 Å². The van der Waals surface area contributed by atoms with Crippen LogP contribution in [0.1, 0.15) is 50.4 Å². The second-order valence-electron chi connectivity index (χ2n) is 6.11. The maximum atomic E-state index is 11.8. The second-order valence-corrected chi connectivity index (χ2v) is 6.51. The highest BCUT2D eigenvalue weighted by molar-refractivity contribution is 6.33. The van der Waals surface area contributed by atoms with E-state index in [4.69, 9.17) is 22.1 Å². The summed E-state index contributed by atoms with van der Waals surface area (Å²) in [6.07, 6.45) is 3.10. The van der Waals surface area contributed by atoms with Gasteiger partial charge in [0.15, 0.2) is 6.61 Å². The molecule has 0 heterocycles. The summed E-state index contributed by atoms with van der Waals surface area (Å²) >= 11 is 5.79. The molecule has 0 bridgehead atoms. The Hall–Kier alpha value is -1.75. The van der Waals surface area contributed by atoms with E-state index in [9.17, 15) is 9.59 Å². The van der Waals surface area contributed by atoms with Gasteiger partial charge in [0.05, 0.1) is 16.3 Å². The fourth-order valence-electron chi connectivity index (χ4n) is 2.11. The zero-order chi connectivity index (χ0) is 17.4. The van der Waals surface area contributed by atoms with Crippen LogP contribution in [0.25, 0.3) is 0 Å². The van der Waals surface area contributed by atoms with E-state index in [0.29, 0.717) is 16.6 Å². The van der Waals surface area contributed by atoms with Crippen LogP contribution in [0.3, 0.4) is 0 Å². The van der Waals surface area contributed by atoms with Gasteiger partial charge in [0.1, 0.15) is 0 Å². The summed E-state index contributed by atoms with van der Waals surface area (Å²) in [5.74, 6) is -0.251. The predicted octanol–water partition coefficient (Wildman–Crippen LogP) is 3.41. The molecule has 0 fully saturated rings. The minimum atomic E-state index is -0.601. The molecule has 0 aliphatic rings. The van der Waals surface area contributed by atoms with Crippen molar-refractivity contribution in [2.45, 2.75) is 46.1 Å². The minimum Gasteiger partial charge on any atom is -0.452 e. The van der Waals surface area contributed by atoms with Gasteiger partial charge in [-0.05, 0) is 37.5 Å². The molecule has 3 N–H and O–H groups in total. The average Bonchev–Trinajstić information content (AvgIpc) is 2.47. The minimum absolute atomic E-state index is 0.0612. The number of benzene rings is 1. The first-order valence-corrected chi connectivity index (χ1v) is 8.19. The Labute approximate surface area is 142 Å². The van der Waals surface area contributed by atoms with Crippen LogP contribution in [0.15, 0.2) is 18.2 Å². The lowest BCUT2D eigenvalue weighted by atomic mass is 10.0. The molecular weight excluding hydrogens is 316 g/mol. The lowest BCUT2D eigenvalue weighted by Crippen LogP contribution is -2.35. The lowest BCUT2D eigenvalue weighted by Gasteiger charge is -2.14. The Balaban J connectivity index is 2.34. The van der Waals surface area contributed by atoms with Crippen LogP contribution in [-0.4, -0.2) is 24.5 Å². The number of nitrogens with two attached hydrogens (primary N) is 1. The molecule has 1 amide bonds. The number of carbonyl (C=O) groups excluding carboxylic acids is 2. The van der Waals surface area contributed by atoms with Crippen LogP contribution in [0.5, 0.6) is 0 Å². The number of rotatable bonds is 8. The maximum absolute atomic E-state index is 11.8. The Bertz CT molecular complexity index is 547. The Morgan fingerprint density at radius 3 is 2.57 bits per heavy atom. The molecule has 1 aromatic rings. The summed E-state index contributed by atoms with van der Waals surface area (Å²) in [5, 5.41) is 3.19. The van der Waals surface area contributed by atoms with Gasteiger partial charge in [0, 0.05) is 6.04 Å². The molecule has 0 saturated carbocycles. The molecule has 6 heteroatoms. The van der Waals surface area contributed by atoms with Gasteiger partial charge in [-0.2, -0.15) is 0 Å². The van der Waals surface area contributed by atoms with Crippen LogP contribution >= 0.6 is 11.6 Å². The van der Waals surface area contributed by atoms with E-state index >= 15 is 0 Å². The molecule has 0 spiro atoms. The highest BCUT2D eigenvalue weighted by Gasteiger charge is 2.13. The summed E-state index contributed by atoms with van der Waals surface area (Å²) in [6, 6.07) is 4.51. The van der Waals surface area contributed by atoms with Crippen LogP contribution in [0.4, 0.5) is 5.69 Å². The molecule has 0 radical (unpaired) electrons. The Kier molecular flexibility index (Phi) is 7.89. The number of amides is 1. The molecule has 0 saturated heterocycles. The van der Waals surface area contributed by atoms with Crippen molar-refractivity contribution < 1.29 is 14.3 Å². The largest absolute Gasteiger partial charge is 0.452 e. The number of nitrogen functional groups attached to an aromatic ring is 1. The number of hydrogen-bond donors (Lipinski definition) is 2. The lowest BCUT2D eigenvalue weighted by molar-refractivity contribution is -0.124. The number of hydrogen-bond acceptors (Lipinski definition) is 4. The molecule has 1 aromatic carbocycles. The van der Waals surface area contributed by atoms with Gasteiger partial charge >= 0.3 is 5.97 Å². The molecule has 23 heavy (non-hydrogen) atoms. The summed E-state index contributed by atoms with van der Waals surface area (Å²) in [7, 11) is 0. The van der Waals surface area contributed by atoms with Crippen LogP contribution < -0.4 is 11.1 Å². The highest BCUT2D eigenvalue weighted by Crippen LogP contribution is 2.19. The van der Waals surface area contributed by atoms with Gasteiger partial charge in [0.25, 0.3) is 5.91 Å². The summed E-state index contributed by atoms with van der Waals surface area (Å²) in [5.41, 5.74) is 6.19. The Morgan fingerprint density at radius 2 is 1.96 bits per heavy atom. The molecule has 1 atom stereocenters. The fourth-order valence-corrected chi connectivity index (χ4v) is 2.22. The summed E-state index contributed by atoms with van der Waals surface area (Å²) < 4.78 is 4.98. The highest BCUT2D eigenvalue weighted by atomic mass is 35.5. The van der Waals surface area contributed by atoms with Crippen molar-refractivity contribution in [1.29, 1.82) is 0 Å². The molecule has 5 nitrogen and oxygen atoms in total. The number of anilines is 1. The van der Waals surface area contributed by atoms with Gasteiger partial charge in [-0.25, -0.2) is 4.79 Å². The van der Waals surface area contributed by atoms with Crippen molar-refractivity contribution >= 4 is 29.2 Å². The third-order valence-corrected chi connectivity index (χ3v) is 3.74. The van der Waals surface area contributed by atoms with Gasteiger partial charge in [-0.15, -0.1) is 0 Å². The first kappa shape index (κ1) is 19.3. The monoisotopic (exact) mass is 340 g/mol. The van der Waals surface area contributed by atoms with Crippen molar-refractivity contribution in [3.05, 3.63) is 28.8 Å². The standard InChI is InChI=1S/C17H25ClN2O3/c1-11(2)5-4-6-12(3)20-16(21)10-23-17(22)13-7-8-14(18)15(19)9-13/h7-9,11-12H,4-6,10,19H2,1-3H3,(H,20,21). The van der Waals surface area contributed by atoms with E-state index in [1.807, 2.05) is 6.92 Å². The average molecular weight is 341 g/mol. The predicted molar refractivity (Wildman–Crippen MR) is 92.4 cm³/mol. The van der Waals surface area contributed by atoms with E-state index in [1.165, 1.54) is 18.2 Å². The van der Waals surface area contributed by atoms with Crippen molar-refractivity contribution in [2.24, 2.45) is 5.92 Å². The third kappa shape index (κ3) is 7.37. The number of esters is 1. The third-order valence-electron chi connectivity index (χ3n) is 3.39. The number of ether oxygens (including phenoxy) is 1. The summed E-state index contributed by atoms with van der Waals surface area (Å²) in [6.45, 7) is 5.98. The number of carbonyl (C=O) groups is 2. The van der Waals surface area contributed by atoms with Crippen molar-refractivity contribution in [3.63, 3.8) is 0 Å². The van der Waals surface area contributed by atoms with Gasteiger partial charge in [-0.1, -0.05) is 38.3 Å². The SMILES string of the molecule is CC(C)CCCC(C)NC(=O)COC(=O)c1ccc(Cl)c(N)c1. The number of halogens is 1. The Morgan fingerprint density at radius 1 is 1.26 bits per heavy atom. The quantitative estimate of drug-likeness (QED) is 0.561. The van der Waals surface area contributed by atoms with Gasteiger partial charge in [0.2, 0.25) is 0 Å². The van der Waals surface area contributed by atoms with E-state index in [2.05, 4.69) is 19.2 Å². The first-order chi connectivity index (χ1) is 10.8. The van der Waals surface area contributed by atoms with Crippen molar-refractivity contribution in [1.82, 2.24) is 5.32 Å². The normalized spacial score (nSPS) is 12.0. The maximum Gasteiger partial charge on any atom is 0.338 e. The van der Waals surface area contributed by atoms with Crippen LogP contribution in [-0.2, 0) is 9.53 Å². The molecule has 0 aliphatic heterocycles. The van der Waals surface area contributed by atoms with Crippen LogP contribution in [0.2, 0.25) is 5.02 Å².